The lowest BCUT2D eigenvalue weighted by Gasteiger charge is -2.22. The molecule has 10 heteroatoms. The lowest BCUT2D eigenvalue weighted by atomic mass is 9.87. The molecule has 156 valence electrons. The number of aromatic nitrogens is 2. The molecule has 1 unspecified atom stereocenters. The van der Waals surface area contributed by atoms with Crippen molar-refractivity contribution in [1.29, 1.82) is 0 Å². The smallest absolute Gasteiger partial charge is 0.416 e. The van der Waals surface area contributed by atoms with Gasteiger partial charge in [0.25, 0.3) is 0 Å². The molecule has 1 amide bonds. The van der Waals surface area contributed by atoms with Crippen LogP contribution in [0.3, 0.4) is 0 Å². The molecule has 1 atom stereocenters. The summed E-state index contributed by atoms with van der Waals surface area (Å²) < 4.78 is 64.1. The fraction of sp³-hybridized carbons (Fsp3) is 0.200. The molecule has 0 bridgehead atoms. The first-order chi connectivity index (χ1) is 14.2. The summed E-state index contributed by atoms with van der Waals surface area (Å²) in [6.45, 7) is 0. The highest BCUT2D eigenvalue weighted by Crippen LogP contribution is 2.39. The van der Waals surface area contributed by atoms with Crippen molar-refractivity contribution in [1.82, 2.24) is 10.2 Å². The normalized spacial score (nSPS) is 16.0. The van der Waals surface area contributed by atoms with Crippen LogP contribution in [-0.4, -0.2) is 23.2 Å². The Morgan fingerprint density at radius 1 is 1.13 bits per heavy atom. The number of benzene rings is 2. The minimum absolute atomic E-state index is 0.0717. The van der Waals surface area contributed by atoms with Crippen molar-refractivity contribution < 1.29 is 31.8 Å². The third kappa shape index (κ3) is 3.80. The van der Waals surface area contributed by atoms with E-state index in [4.69, 9.17) is 9.47 Å². The fourth-order valence-corrected chi connectivity index (χ4v) is 3.30. The predicted octanol–water partition coefficient (Wildman–Crippen LogP) is 4.84. The third-order valence-corrected chi connectivity index (χ3v) is 4.73. The largest absolute Gasteiger partial charge is 0.497 e. The summed E-state index contributed by atoms with van der Waals surface area (Å²) in [6.07, 6.45) is -2.95. The van der Waals surface area contributed by atoms with Crippen molar-refractivity contribution >= 4 is 11.7 Å². The topological polar surface area (TPSA) is 76.2 Å². The maximum atomic E-state index is 14.7. The first-order valence-electron chi connectivity index (χ1n) is 8.81. The number of ether oxygens (including phenoxy) is 2. The number of nitrogens with one attached hydrogen (secondary N) is 2. The lowest BCUT2D eigenvalue weighted by Crippen LogP contribution is -2.23. The number of amides is 1. The summed E-state index contributed by atoms with van der Waals surface area (Å²) >= 11 is 0. The van der Waals surface area contributed by atoms with Gasteiger partial charge in [-0.1, -0.05) is 6.07 Å². The molecule has 1 aromatic heterocycles. The minimum atomic E-state index is -4.61. The van der Waals surface area contributed by atoms with E-state index in [2.05, 4.69) is 15.5 Å². The maximum Gasteiger partial charge on any atom is 0.416 e. The number of halogens is 4. The molecule has 2 N–H and O–H groups in total. The average molecular weight is 421 g/mol. The van der Waals surface area contributed by atoms with E-state index >= 15 is 0 Å². The van der Waals surface area contributed by atoms with Crippen LogP contribution in [0.5, 0.6) is 17.2 Å². The zero-order valence-corrected chi connectivity index (χ0v) is 15.5. The number of carbonyl (C=O) groups is 1. The number of fused-ring (bicyclic) bond motifs is 1. The Balaban J connectivity index is 1.63. The Kier molecular flexibility index (Phi) is 4.84. The van der Waals surface area contributed by atoms with Gasteiger partial charge in [0.2, 0.25) is 5.91 Å². The highest BCUT2D eigenvalue weighted by atomic mass is 19.4. The monoisotopic (exact) mass is 421 g/mol. The van der Waals surface area contributed by atoms with E-state index in [1.165, 1.54) is 25.3 Å². The number of rotatable bonds is 4. The molecule has 3 aromatic rings. The molecule has 1 aliphatic heterocycles. The highest BCUT2D eigenvalue weighted by molar-refractivity contribution is 5.94. The van der Waals surface area contributed by atoms with E-state index in [0.29, 0.717) is 16.9 Å². The second-order valence-electron chi connectivity index (χ2n) is 6.69. The summed E-state index contributed by atoms with van der Waals surface area (Å²) in [5, 5.41) is 9.21. The van der Waals surface area contributed by atoms with E-state index < -0.39 is 23.5 Å². The number of H-pyrrole nitrogens is 1. The first kappa shape index (κ1) is 19.7. The lowest BCUT2D eigenvalue weighted by molar-refractivity contribution is -0.137. The van der Waals surface area contributed by atoms with E-state index in [1.807, 2.05) is 0 Å². The third-order valence-electron chi connectivity index (χ3n) is 4.73. The maximum absolute atomic E-state index is 14.7. The Bertz CT molecular complexity index is 1110. The van der Waals surface area contributed by atoms with E-state index in [-0.39, 0.29) is 29.6 Å². The second-order valence-corrected chi connectivity index (χ2v) is 6.69. The number of aromatic amines is 1. The predicted molar refractivity (Wildman–Crippen MR) is 98.1 cm³/mol. The van der Waals surface area contributed by atoms with Gasteiger partial charge in [0.15, 0.2) is 11.6 Å². The average Bonchev–Trinajstić information content (AvgIpc) is 3.16. The summed E-state index contributed by atoms with van der Waals surface area (Å²) in [5.41, 5.74) is 0.249. The van der Waals surface area contributed by atoms with Gasteiger partial charge in [-0.15, -0.1) is 0 Å². The molecular formula is C20H15F4N3O3. The molecular weight excluding hydrogens is 406 g/mol. The number of hydrogen-bond acceptors (Lipinski definition) is 4. The molecule has 0 aliphatic carbocycles. The molecule has 4 rings (SSSR count). The second kappa shape index (κ2) is 7.36. The van der Waals surface area contributed by atoms with Crippen molar-refractivity contribution in [3.05, 3.63) is 65.1 Å². The van der Waals surface area contributed by atoms with Crippen molar-refractivity contribution in [2.45, 2.75) is 18.5 Å². The number of alkyl halides is 3. The number of methoxy groups -OCH3 is 1. The molecule has 0 saturated heterocycles. The van der Waals surface area contributed by atoms with Crippen molar-refractivity contribution in [2.24, 2.45) is 0 Å². The molecule has 0 fully saturated rings. The fourth-order valence-electron chi connectivity index (χ4n) is 3.30. The van der Waals surface area contributed by atoms with Gasteiger partial charge in [0, 0.05) is 24.0 Å². The van der Waals surface area contributed by atoms with Gasteiger partial charge in [0.1, 0.15) is 17.3 Å². The highest BCUT2D eigenvalue weighted by Gasteiger charge is 2.32. The number of anilines is 1. The summed E-state index contributed by atoms with van der Waals surface area (Å²) in [7, 11) is 1.22. The van der Waals surface area contributed by atoms with Gasteiger partial charge >= 0.3 is 6.18 Å². The molecule has 0 saturated carbocycles. The van der Waals surface area contributed by atoms with Gasteiger partial charge in [-0.2, -0.15) is 18.3 Å². The van der Waals surface area contributed by atoms with Crippen LogP contribution in [0.1, 0.15) is 29.0 Å². The van der Waals surface area contributed by atoms with Crippen molar-refractivity contribution in [3.8, 4) is 17.2 Å². The quantitative estimate of drug-likeness (QED) is 0.591. The van der Waals surface area contributed by atoms with Crippen molar-refractivity contribution in [3.63, 3.8) is 0 Å². The zero-order chi connectivity index (χ0) is 21.5. The van der Waals surface area contributed by atoms with Crippen LogP contribution < -0.4 is 14.8 Å². The molecule has 30 heavy (non-hydrogen) atoms. The Labute approximate surface area is 167 Å². The molecule has 2 heterocycles. The summed E-state index contributed by atoms with van der Waals surface area (Å²) in [5.74, 6) is -1.53. The minimum Gasteiger partial charge on any atom is -0.497 e. The van der Waals surface area contributed by atoms with Crippen LogP contribution in [0.15, 0.2) is 42.6 Å². The Morgan fingerprint density at radius 2 is 1.90 bits per heavy atom. The van der Waals surface area contributed by atoms with E-state index in [0.717, 1.165) is 12.1 Å². The number of hydrogen-bond donors (Lipinski definition) is 2. The molecule has 1 aliphatic rings. The Hall–Kier alpha value is -3.56. The van der Waals surface area contributed by atoms with Crippen LogP contribution in [0.25, 0.3) is 0 Å². The first-order valence-corrected chi connectivity index (χ1v) is 8.81. The van der Waals surface area contributed by atoms with Crippen LogP contribution in [0.4, 0.5) is 23.4 Å². The van der Waals surface area contributed by atoms with Gasteiger partial charge in [-0.25, -0.2) is 4.39 Å². The zero-order valence-electron chi connectivity index (χ0n) is 15.5. The van der Waals surface area contributed by atoms with Gasteiger partial charge in [0.05, 0.1) is 18.9 Å². The van der Waals surface area contributed by atoms with Crippen LogP contribution in [0.2, 0.25) is 0 Å². The van der Waals surface area contributed by atoms with Gasteiger partial charge in [-0.3, -0.25) is 9.89 Å². The van der Waals surface area contributed by atoms with Crippen molar-refractivity contribution in [2.75, 3.05) is 12.4 Å². The molecule has 2 aromatic carbocycles. The summed E-state index contributed by atoms with van der Waals surface area (Å²) in [6, 6.07) is 6.88. The number of carbonyl (C=O) groups excluding carboxylic acids is 1. The molecule has 6 nitrogen and oxygen atoms in total. The molecule has 0 radical (unpaired) electrons. The van der Waals surface area contributed by atoms with Gasteiger partial charge < -0.3 is 14.8 Å². The van der Waals surface area contributed by atoms with E-state index in [9.17, 15) is 22.4 Å². The summed E-state index contributed by atoms with van der Waals surface area (Å²) in [4.78, 5) is 11.9. The standard InChI is InChI=1S/C20H15F4N3O3/c1-29-12-5-11(20(22,23)24)6-13(7-12)30-17-3-2-10(4-16(17)21)14-8-18(28)26-19-15(14)9-25-27-19/h2-7,9,14H,8H2,1H3,(H2,25,26,27,28). The SMILES string of the molecule is COc1cc(Oc2ccc(C3CC(=O)Nc4[nH]ncc43)cc2F)cc(C(F)(F)F)c1. The Morgan fingerprint density at radius 3 is 2.60 bits per heavy atom. The van der Waals surface area contributed by atoms with Crippen LogP contribution >= 0.6 is 0 Å². The van der Waals surface area contributed by atoms with Crippen LogP contribution in [0, 0.1) is 5.82 Å². The van der Waals surface area contributed by atoms with E-state index in [1.54, 1.807) is 12.3 Å². The molecule has 0 spiro atoms. The van der Waals surface area contributed by atoms with Gasteiger partial charge in [-0.05, 0) is 29.8 Å². The number of nitrogens with zero attached hydrogens (tertiary/aromatic N) is 1. The van der Waals surface area contributed by atoms with Crippen LogP contribution in [-0.2, 0) is 11.0 Å².